The molecule has 16 heavy (non-hydrogen) atoms. The van der Waals surface area contributed by atoms with Gasteiger partial charge in [0.25, 0.3) is 0 Å². The molecule has 0 saturated heterocycles. The SMILES string of the molecule is CCC(C)(C)C(C)(C)OOCOCC(=O)O. The van der Waals surface area contributed by atoms with Gasteiger partial charge >= 0.3 is 5.97 Å². The smallest absolute Gasteiger partial charge is 0.329 e. The van der Waals surface area contributed by atoms with Gasteiger partial charge in [0.1, 0.15) is 12.2 Å². The Kier molecular flexibility index (Phi) is 5.92. The summed E-state index contributed by atoms with van der Waals surface area (Å²) in [4.78, 5) is 20.2. The Morgan fingerprint density at radius 1 is 1.25 bits per heavy atom. The average molecular weight is 234 g/mol. The minimum absolute atomic E-state index is 0.0419. The highest BCUT2D eigenvalue weighted by Crippen LogP contribution is 2.36. The Balaban J connectivity index is 3.87. The molecule has 0 unspecified atom stereocenters. The molecule has 5 nitrogen and oxygen atoms in total. The van der Waals surface area contributed by atoms with Crippen LogP contribution in [0.25, 0.3) is 0 Å². The molecule has 0 aliphatic heterocycles. The highest BCUT2D eigenvalue weighted by atomic mass is 17.2. The van der Waals surface area contributed by atoms with Crippen molar-refractivity contribution in [1.29, 1.82) is 0 Å². The van der Waals surface area contributed by atoms with E-state index in [0.717, 1.165) is 6.42 Å². The second kappa shape index (κ2) is 6.18. The van der Waals surface area contributed by atoms with Crippen LogP contribution in [-0.2, 0) is 19.3 Å². The number of hydrogen-bond acceptors (Lipinski definition) is 4. The van der Waals surface area contributed by atoms with Crippen molar-refractivity contribution in [2.24, 2.45) is 5.41 Å². The fourth-order valence-corrected chi connectivity index (χ4v) is 0.873. The van der Waals surface area contributed by atoms with E-state index in [4.69, 9.17) is 19.6 Å². The Hall–Kier alpha value is -0.650. The van der Waals surface area contributed by atoms with E-state index in [2.05, 4.69) is 20.8 Å². The largest absolute Gasteiger partial charge is 0.480 e. The van der Waals surface area contributed by atoms with Crippen molar-refractivity contribution in [2.45, 2.75) is 46.6 Å². The summed E-state index contributed by atoms with van der Waals surface area (Å²) in [6, 6.07) is 0. The predicted molar refractivity (Wildman–Crippen MR) is 58.8 cm³/mol. The zero-order valence-electron chi connectivity index (χ0n) is 10.7. The van der Waals surface area contributed by atoms with Crippen LogP contribution in [0.1, 0.15) is 41.0 Å². The lowest BCUT2D eigenvalue weighted by Gasteiger charge is -2.39. The van der Waals surface area contributed by atoms with Gasteiger partial charge in [-0.1, -0.05) is 20.8 Å². The van der Waals surface area contributed by atoms with E-state index in [-0.39, 0.29) is 18.8 Å². The summed E-state index contributed by atoms with van der Waals surface area (Å²) in [7, 11) is 0. The lowest BCUT2D eigenvalue weighted by molar-refractivity contribution is -0.401. The summed E-state index contributed by atoms with van der Waals surface area (Å²) in [5.74, 6) is -1.03. The molecule has 0 aromatic carbocycles. The molecular formula is C11H22O5. The lowest BCUT2D eigenvalue weighted by Crippen LogP contribution is -2.41. The van der Waals surface area contributed by atoms with Crippen molar-refractivity contribution in [3.05, 3.63) is 0 Å². The van der Waals surface area contributed by atoms with Crippen LogP contribution in [0.4, 0.5) is 0 Å². The number of carboxylic acids is 1. The summed E-state index contributed by atoms with van der Waals surface area (Å²) in [6.07, 6.45) is 0.944. The summed E-state index contributed by atoms with van der Waals surface area (Å²) >= 11 is 0. The topological polar surface area (TPSA) is 65.0 Å². The highest BCUT2D eigenvalue weighted by molar-refractivity contribution is 5.67. The van der Waals surface area contributed by atoms with Gasteiger partial charge in [-0.05, 0) is 25.7 Å². The predicted octanol–water partition coefficient (Wildman–Crippen LogP) is 2.21. The maximum atomic E-state index is 10.1. The molecule has 0 radical (unpaired) electrons. The summed E-state index contributed by atoms with van der Waals surface area (Å²) < 4.78 is 4.69. The second-order valence-electron chi connectivity index (χ2n) is 4.81. The van der Waals surface area contributed by atoms with Gasteiger partial charge in [0.15, 0.2) is 6.79 Å². The van der Waals surface area contributed by atoms with E-state index in [9.17, 15) is 4.79 Å². The van der Waals surface area contributed by atoms with E-state index in [1.807, 2.05) is 13.8 Å². The van der Waals surface area contributed by atoms with Crippen LogP contribution in [-0.4, -0.2) is 30.1 Å². The Bertz CT molecular complexity index is 222. The van der Waals surface area contributed by atoms with Crippen molar-refractivity contribution < 1.29 is 24.4 Å². The zero-order valence-corrected chi connectivity index (χ0v) is 10.7. The number of hydrogen-bond donors (Lipinski definition) is 1. The maximum Gasteiger partial charge on any atom is 0.329 e. The van der Waals surface area contributed by atoms with Crippen LogP contribution < -0.4 is 0 Å². The van der Waals surface area contributed by atoms with Gasteiger partial charge in [0.2, 0.25) is 0 Å². The molecular weight excluding hydrogens is 212 g/mol. The molecule has 5 heteroatoms. The van der Waals surface area contributed by atoms with Crippen LogP contribution in [0.2, 0.25) is 0 Å². The molecule has 0 amide bonds. The van der Waals surface area contributed by atoms with E-state index < -0.39 is 11.6 Å². The van der Waals surface area contributed by atoms with Crippen LogP contribution >= 0.6 is 0 Å². The third kappa shape index (κ3) is 4.92. The van der Waals surface area contributed by atoms with Crippen LogP contribution in [0.5, 0.6) is 0 Å². The molecule has 0 aliphatic rings. The van der Waals surface area contributed by atoms with E-state index in [1.54, 1.807) is 0 Å². The standard InChI is InChI=1S/C11H22O5/c1-6-10(2,3)11(4,5)16-15-8-14-7-9(12)13/h6-8H2,1-5H3,(H,12,13). The van der Waals surface area contributed by atoms with Gasteiger partial charge in [-0.25, -0.2) is 14.6 Å². The van der Waals surface area contributed by atoms with Crippen LogP contribution in [0.3, 0.4) is 0 Å². The van der Waals surface area contributed by atoms with Gasteiger partial charge in [-0.3, -0.25) is 0 Å². The fraction of sp³-hybridized carbons (Fsp3) is 0.909. The van der Waals surface area contributed by atoms with Crippen molar-refractivity contribution in [1.82, 2.24) is 0 Å². The minimum atomic E-state index is -1.03. The van der Waals surface area contributed by atoms with E-state index in [0.29, 0.717) is 0 Å². The summed E-state index contributed by atoms with van der Waals surface area (Å²) in [5.41, 5.74) is -0.506. The number of carboxylic acid groups (broad SMARTS) is 1. The molecule has 0 aliphatic carbocycles. The van der Waals surface area contributed by atoms with Gasteiger partial charge in [-0.15, -0.1) is 0 Å². The summed E-state index contributed by atoms with van der Waals surface area (Å²) in [6.45, 7) is 9.51. The zero-order chi connectivity index (χ0) is 12.8. The molecule has 1 N–H and O–H groups in total. The van der Waals surface area contributed by atoms with Crippen molar-refractivity contribution >= 4 is 5.97 Å². The number of ether oxygens (including phenoxy) is 1. The first-order chi connectivity index (χ1) is 7.23. The first-order valence-corrected chi connectivity index (χ1v) is 5.33. The Morgan fingerprint density at radius 2 is 1.81 bits per heavy atom. The molecule has 0 bridgehead atoms. The van der Waals surface area contributed by atoms with E-state index >= 15 is 0 Å². The third-order valence-electron chi connectivity index (χ3n) is 3.14. The molecule has 0 fully saturated rings. The third-order valence-corrected chi connectivity index (χ3v) is 3.14. The molecule has 0 atom stereocenters. The first-order valence-electron chi connectivity index (χ1n) is 5.33. The van der Waals surface area contributed by atoms with Crippen LogP contribution in [0.15, 0.2) is 0 Å². The van der Waals surface area contributed by atoms with E-state index in [1.165, 1.54) is 0 Å². The highest BCUT2D eigenvalue weighted by Gasteiger charge is 2.37. The molecule has 0 spiro atoms. The molecule has 0 heterocycles. The first kappa shape index (κ1) is 15.3. The molecule has 0 rings (SSSR count). The van der Waals surface area contributed by atoms with Gasteiger partial charge in [0.05, 0.1) is 0 Å². The monoisotopic (exact) mass is 234 g/mol. The number of aliphatic carboxylic acids is 1. The van der Waals surface area contributed by atoms with Crippen molar-refractivity contribution in [3.8, 4) is 0 Å². The maximum absolute atomic E-state index is 10.1. The molecule has 0 aromatic rings. The lowest BCUT2D eigenvalue weighted by atomic mass is 9.75. The Labute approximate surface area is 96.6 Å². The normalized spacial score (nSPS) is 12.8. The number of rotatable bonds is 8. The molecule has 0 aromatic heterocycles. The number of carbonyl (C=O) groups is 1. The van der Waals surface area contributed by atoms with Crippen molar-refractivity contribution in [3.63, 3.8) is 0 Å². The average Bonchev–Trinajstić information content (AvgIpc) is 2.16. The fourth-order valence-electron chi connectivity index (χ4n) is 0.873. The molecule has 96 valence electrons. The van der Waals surface area contributed by atoms with Gasteiger partial charge in [0, 0.05) is 0 Å². The van der Waals surface area contributed by atoms with Gasteiger partial charge in [-0.2, -0.15) is 0 Å². The summed E-state index contributed by atoms with van der Waals surface area (Å²) in [5, 5.41) is 8.32. The van der Waals surface area contributed by atoms with Gasteiger partial charge < -0.3 is 9.84 Å². The minimum Gasteiger partial charge on any atom is -0.480 e. The van der Waals surface area contributed by atoms with Crippen LogP contribution in [0, 0.1) is 5.41 Å². The quantitative estimate of drug-likeness (QED) is 0.302. The Morgan fingerprint density at radius 3 is 2.25 bits per heavy atom. The molecule has 0 saturated carbocycles. The second-order valence-corrected chi connectivity index (χ2v) is 4.81. The van der Waals surface area contributed by atoms with Crippen molar-refractivity contribution in [2.75, 3.05) is 13.4 Å².